The van der Waals surface area contributed by atoms with E-state index in [1.54, 1.807) is 23.9 Å². The van der Waals surface area contributed by atoms with Gasteiger partial charge in [-0.2, -0.15) is 0 Å². The van der Waals surface area contributed by atoms with E-state index in [0.717, 1.165) is 27.9 Å². The van der Waals surface area contributed by atoms with Gasteiger partial charge in [0.25, 0.3) is 0 Å². The zero-order valence-corrected chi connectivity index (χ0v) is 15.3. The molecule has 0 spiro atoms. The van der Waals surface area contributed by atoms with E-state index in [4.69, 9.17) is 4.74 Å². The third-order valence-electron chi connectivity index (χ3n) is 3.89. The Labute approximate surface area is 151 Å². The maximum atomic E-state index is 12.9. The third kappa shape index (κ3) is 4.39. The lowest BCUT2D eigenvalue weighted by molar-refractivity contribution is 0.288. The van der Waals surface area contributed by atoms with E-state index in [1.165, 1.54) is 17.7 Å². The van der Waals surface area contributed by atoms with E-state index in [0.29, 0.717) is 12.4 Å². The summed E-state index contributed by atoms with van der Waals surface area (Å²) in [4.78, 5) is 0. The molecular weight excluding hydrogens is 337 g/mol. The molecule has 0 fully saturated rings. The first-order valence-corrected chi connectivity index (χ1v) is 8.97. The van der Waals surface area contributed by atoms with Crippen molar-refractivity contribution in [3.8, 4) is 5.75 Å². The van der Waals surface area contributed by atoms with Crippen LogP contribution in [0.3, 0.4) is 0 Å². The van der Waals surface area contributed by atoms with E-state index in [1.807, 2.05) is 30.7 Å². The van der Waals surface area contributed by atoms with E-state index >= 15 is 0 Å². The number of benzene rings is 2. The molecular formula is C19H20FN3OS. The van der Waals surface area contributed by atoms with Crippen molar-refractivity contribution in [2.45, 2.75) is 31.4 Å². The Hall–Kier alpha value is -2.34. The second-order valence-corrected chi connectivity index (χ2v) is 6.87. The molecule has 1 heterocycles. The van der Waals surface area contributed by atoms with Crippen molar-refractivity contribution >= 4 is 11.8 Å². The van der Waals surface area contributed by atoms with E-state index < -0.39 is 0 Å². The lowest BCUT2D eigenvalue weighted by Gasteiger charge is -2.09. The number of halogens is 1. The van der Waals surface area contributed by atoms with Crippen LogP contribution in [0.15, 0.2) is 47.6 Å². The Morgan fingerprint density at radius 3 is 2.56 bits per heavy atom. The van der Waals surface area contributed by atoms with Crippen LogP contribution in [0.2, 0.25) is 0 Å². The van der Waals surface area contributed by atoms with Crippen LogP contribution in [-0.4, -0.2) is 14.8 Å². The van der Waals surface area contributed by atoms with E-state index in [9.17, 15) is 4.39 Å². The first kappa shape index (κ1) is 17.5. The van der Waals surface area contributed by atoms with Gasteiger partial charge < -0.3 is 9.30 Å². The normalized spacial score (nSPS) is 10.9. The number of aryl methyl sites for hydroxylation is 2. The predicted molar refractivity (Wildman–Crippen MR) is 97.2 cm³/mol. The molecule has 130 valence electrons. The minimum Gasteiger partial charge on any atom is -0.485 e. The van der Waals surface area contributed by atoms with Crippen LogP contribution in [0.5, 0.6) is 5.75 Å². The highest BCUT2D eigenvalue weighted by Crippen LogP contribution is 2.23. The van der Waals surface area contributed by atoms with Gasteiger partial charge >= 0.3 is 0 Å². The molecule has 0 saturated heterocycles. The van der Waals surface area contributed by atoms with Crippen LogP contribution in [0.4, 0.5) is 4.39 Å². The Balaban J connectivity index is 1.61. The first-order chi connectivity index (χ1) is 12.0. The number of nitrogens with zero attached hydrogens (tertiary/aromatic N) is 3. The molecule has 0 atom stereocenters. The fourth-order valence-corrected chi connectivity index (χ4v) is 3.31. The van der Waals surface area contributed by atoms with Gasteiger partial charge in [0.1, 0.15) is 18.2 Å². The zero-order valence-electron chi connectivity index (χ0n) is 14.5. The van der Waals surface area contributed by atoms with E-state index in [2.05, 4.69) is 23.2 Å². The highest BCUT2D eigenvalue weighted by Gasteiger charge is 2.11. The summed E-state index contributed by atoms with van der Waals surface area (Å²) in [5, 5.41) is 9.24. The molecule has 0 aliphatic heterocycles. The number of hydrogen-bond donors (Lipinski definition) is 0. The van der Waals surface area contributed by atoms with Crippen molar-refractivity contribution in [1.82, 2.24) is 14.8 Å². The van der Waals surface area contributed by atoms with Crippen molar-refractivity contribution in [2.75, 3.05) is 0 Å². The summed E-state index contributed by atoms with van der Waals surface area (Å²) in [6.45, 7) is 4.46. The molecule has 0 aliphatic rings. The van der Waals surface area contributed by atoms with Gasteiger partial charge in [-0.25, -0.2) is 4.39 Å². The van der Waals surface area contributed by atoms with Gasteiger partial charge in [-0.1, -0.05) is 41.6 Å². The fourth-order valence-electron chi connectivity index (χ4n) is 2.43. The molecule has 2 aromatic carbocycles. The molecule has 0 unspecified atom stereocenters. The molecule has 0 bridgehead atoms. The van der Waals surface area contributed by atoms with Crippen LogP contribution in [0.25, 0.3) is 0 Å². The summed E-state index contributed by atoms with van der Waals surface area (Å²) in [5.74, 6) is 2.11. The van der Waals surface area contributed by atoms with Crippen LogP contribution in [0.1, 0.15) is 22.5 Å². The summed E-state index contributed by atoms with van der Waals surface area (Å²) in [5.41, 5.74) is 3.36. The molecule has 0 radical (unpaired) electrons. The average Bonchev–Trinajstić information content (AvgIpc) is 2.94. The first-order valence-electron chi connectivity index (χ1n) is 7.98. The zero-order chi connectivity index (χ0) is 17.8. The molecule has 25 heavy (non-hydrogen) atoms. The van der Waals surface area contributed by atoms with Crippen LogP contribution >= 0.6 is 11.8 Å². The van der Waals surface area contributed by atoms with Gasteiger partial charge in [0.2, 0.25) is 0 Å². The Morgan fingerprint density at radius 1 is 1.08 bits per heavy atom. The Bertz CT molecular complexity index is 862. The standard InChI is InChI=1S/C19H20FN3OS/c1-13-4-9-17(14(2)10-13)24-11-18-21-22-19(23(18)3)25-12-15-5-7-16(20)8-6-15/h4-10H,11-12H2,1-3H3. The fraction of sp³-hybridized carbons (Fsp3) is 0.263. The lowest BCUT2D eigenvalue weighted by atomic mass is 10.1. The number of ether oxygens (including phenoxy) is 1. The summed E-state index contributed by atoms with van der Waals surface area (Å²) < 4.78 is 20.7. The monoisotopic (exact) mass is 357 g/mol. The maximum Gasteiger partial charge on any atom is 0.191 e. The lowest BCUT2D eigenvalue weighted by Crippen LogP contribution is -2.05. The molecule has 3 aromatic rings. The molecule has 3 rings (SSSR count). The molecule has 0 aliphatic carbocycles. The van der Waals surface area contributed by atoms with Gasteiger partial charge in [0, 0.05) is 12.8 Å². The van der Waals surface area contributed by atoms with Crippen molar-refractivity contribution < 1.29 is 9.13 Å². The number of rotatable bonds is 6. The Morgan fingerprint density at radius 2 is 1.84 bits per heavy atom. The average molecular weight is 357 g/mol. The third-order valence-corrected chi connectivity index (χ3v) is 4.98. The molecule has 0 amide bonds. The second kappa shape index (κ2) is 7.70. The van der Waals surface area contributed by atoms with Gasteiger partial charge in [-0.05, 0) is 43.2 Å². The summed E-state index contributed by atoms with van der Waals surface area (Å²) >= 11 is 1.56. The van der Waals surface area contributed by atoms with Crippen molar-refractivity contribution in [3.63, 3.8) is 0 Å². The smallest absolute Gasteiger partial charge is 0.191 e. The van der Waals surface area contributed by atoms with Crippen molar-refractivity contribution in [2.24, 2.45) is 7.05 Å². The van der Waals surface area contributed by atoms with Gasteiger partial charge in [-0.15, -0.1) is 10.2 Å². The highest BCUT2D eigenvalue weighted by molar-refractivity contribution is 7.98. The van der Waals surface area contributed by atoms with Crippen molar-refractivity contribution in [1.29, 1.82) is 0 Å². The molecule has 0 N–H and O–H groups in total. The quantitative estimate of drug-likeness (QED) is 0.612. The number of hydrogen-bond acceptors (Lipinski definition) is 4. The minimum atomic E-state index is -0.224. The maximum absolute atomic E-state index is 12.9. The number of aromatic nitrogens is 3. The molecule has 1 aromatic heterocycles. The Kier molecular flexibility index (Phi) is 5.38. The van der Waals surface area contributed by atoms with Gasteiger partial charge in [0.15, 0.2) is 11.0 Å². The topological polar surface area (TPSA) is 39.9 Å². The van der Waals surface area contributed by atoms with E-state index in [-0.39, 0.29) is 5.82 Å². The largest absolute Gasteiger partial charge is 0.485 e. The summed E-state index contributed by atoms with van der Waals surface area (Å²) in [6, 6.07) is 12.6. The summed E-state index contributed by atoms with van der Waals surface area (Å²) in [6.07, 6.45) is 0. The minimum absolute atomic E-state index is 0.224. The van der Waals surface area contributed by atoms with Crippen LogP contribution in [0, 0.1) is 19.7 Å². The highest BCUT2D eigenvalue weighted by atomic mass is 32.2. The predicted octanol–water partition coefficient (Wildman–Crippen LogP) is 4.44. The van der Waals surface area contributed by atoms with Crippen LogP contribution in [-0.2, 0) is 19.4 Å². The molecule has 0 saturated carbocycles. The van der Waals surface area contributed by atoms with Crippen LogP contribution < -0.4 is 4.74 Å². The van der Waals surface area contributed by atoms with Crippen molar-refractivity contribution in [3.05, 3.63) is 70.8 Å². The number of thioether (sulfide) groups is 1. The summed E-state index contributed by atoms with van der Waals surface area (Å²) in [7, 11) is 1.92. The second-order valence-electron chi connectivity index (χ2n) is 5.93. The van der Waals surface area contributed by atoms with Gasteiger partial charge in [-0.3, -0.25) is 0 Å². The van der Waals surface area contributed by atoms with Gasteiger partial charge in [0.05, 0.1) is 0 Å². The SMILES string of the molecule is Cc1ccc(OCc2nnc(SCc3ccc(F)cc3)n2C)c(C)c1. The molecule has 4 nitrogen and oxygen atoms in total. The molecule has 6 heteroatoms.